The average Bonchev–Trinajstić information content (AvgIpc) is 2.70. The first-order chi connectivity index (χ1) is 13.3. The molecule has 0 fully saturated rings. The zero-order valence-corrected chi connectivity index (χ0v) is 17.3. The molecule has 0 aliphatic carbocycles. The van der Waals surface area contributed by atoms with E-state index in [4.69, 9.17) is 5.11 Å². The Morgan fingerprint density at radius 3 is 2.46 bits per heavy atom. The molecule has 0 bridgehead atoms. The first-order valence-corrected chi connectivity index (χ1v) is 10.8. The van der Waals surface area contributed by atoms with Gasteiger partial charge in [-0.05, 0) is 60.4 Å². The van der Waals surface area contributed by atoms with E-state index in [-0.39, 0.29) is 24.0 Å². The molecule has 2 aromatic carbocycles. The van der Waals surface area contributed by atoms with Gasteiger partial charge in [-0.15, -0.1) is 0 Å². The monoisotopic (exact) mass is 401 g/mol. The number of anilines is 1. The molecule has 6 nitrogen and oxygen atoms in total. The molecule has 0 heterocycles. The number of hydrogen-bond donors (Lipinski definition) is 2. The van der Waals surface area contributed by atoms with Crippen LogP contribution < -0.4 is 9.62 Å². The average molecular weight is 402 g/mol. The summed E-state index contributed by atoms with van der Waals surface area (Å²) in [6, 6.07) is 13.5. The number of nitriles is 1. The van der Waals surface area contributed by atoms with Crippen LogP contribution in [0, 0.1) is 17.2 Å². The quantitative estimate of drug-likeness (QED) is 0.630. The van der Waals surface area contributed by atoms with Gasteiger partial charge in [0, 0.05) is 31.9 Å². The third kappa shape index (κ3) is 5.32. The normalized spacial score (nSPS) is 13.3. The van der Waals surface area contributed by atoms with E-state index in [0.29, 0.717) is 5.56 Å². The van der Waals surface area contributed by atoms with Gasteiger partial charge in [0.05, 0.1) is 0 Å². The topological polar surface area (TPSA) is 93.4 Å². The van der Waals surface area contributed by atoms with Crippen molar-refractivity contribution in [2.24, 2.45) is 5.92 Å². The van der Waals surface area contributed by atoms with Crippen LogP contribution in [-0.2, 0) is 10.0 Å². The van der Waals surface area contributed by atoms with Gasteiger partial charge in [-0.2, -0.15) is 5.26 Å². The lowest BCUT2D eigenvalue weighted by Gasteiger charge is -2.21. The highest BCUT2D eigenvalue weighted by Crippen LogP contribution is 2.24. The Kier molecular flexibility index (Phi) is 7.58. The van der Waals surface area contributed by atoms with Crippen molar-refractivity contribution in [2.45, 2.75) is 20.8 Å². The third-order valence-electron chi connectivity index (χ3n) is 4.61. The van der Waals surface area contributed by atoms with Crippen LogP contribution in [0.2, 0.25) is 0 Å². The maximum atomic E-state index is 12.3. The number of fused-ring (bicyclic) bond motifs is 1. The summed E-state index contributed by atoms with van der Waals surface area (Å²) in [5.41, 5.74) is 1.78. The Bertz CT molecular complexity index is 990. The summed E-state index contributed by atoms with van der Waals surface area (Å²) in [5.74, 6) is -0.226. The van der Waals surface area contributed by atoms with E-state index in [0.717, 1.165) is 29.5 Å². The Labute approximate surface area is 167 Å². The van der Waals surface area contributed by atoms with E-state index in [9.17, 15) is 13.7 Å². The minimum Gasteiger partial charge on any atom is -0.396 e. The van der Waals surface area contributed by atoms with Crippen molar-refractivity contribution in [3.05, 3.63) is 46.9 Å². The first-order valence-electron chi connectivity index (χ1n) is 9.35. The minimum atomic E-state index is -3.92. The van der Waals surface area contributed by atoms with Gasteiger partial charge in [0.1, 0.15) is 6.07 Å². The van der Waals surface area contributed by atoms with Crippen molar-refractivity contribution in [1.29, 1.82) is 5.26 Å². The summed E-state index contributed by atoms with van der Waals surface area (Å²) in [7, 11) is -3.92. The summed E-state index contributed by atoms with van der Waals surface area (Å²) in [6.07, 6.45) is 1.36. The molecule has 0 aliphatic rings. The lowest BCUT2D eigenvalue weighted by atomic mass is 10.1. The highest BCUT2D eigenvalue weighted by molar-refractivity contribution is 7.93. The number of aliphatic hydroxyl groups excluding tert-OH is 1. The fourth-order valence-electron chi connectivity index (χ4n) is 2.84. The molecule has 0 saturated carbocycles. The second-order valence-corrected chi connectivity index (χ2v) is 8.46. The molecule has 2 rings (SSSR count). The van der Waals surface area contributed by atoms with Crippen LogP contribution in [0.15, 0.2) is 41.3 Å². The summed E-state index contributed by atoms with van der Waals surface area (Å²) >= 11 is 0. The summed E-state index contributed by atoms with van der Waals surface area (Å²) in [4.78, 5) is 1.91. The molecule has 7 heteroatoms. The SMILES string of the molecule is CCN(CC)c1ccc2cc(C=C(C#N)S(=O)(=O)NCC(C)CO)ccc2c1. The largest absolute Gasteiger partial charge is 0.396 e. The van der Waals surface area contributed by atoms with Crippen LogP contribution in [0.4, 0.5) is 5.69 Å². The first kappa shape index (κ1) is 21.9. The molecule has 28 heavy (non-hydrogen) atoms. The van der Waals surface area contributed by atoms with E-state index in [2.05, 4.69) is 29.5 Å². The maximum absolute atomic E-state index is 12.3. The van der Waals surface area contributed by atoms with Crippen LogP contribution >= 0.6 is 0 Å². The number of benzene rings is 2. The van der Waals surface area contributed by atoms with Crippen molar-refractivity contribution in [3.8, 4) is 6.07 Å². The number of allylic oxidation sites excluding steroid dienone is 1. The minimum absolute atomic E-state index is 0.0731. The lowest BCUT2D eigenvalue weighted by molar-refractivity contribution is 0.239. The van der Waals surface area contributed by atoms with Crippen LogP contribution in [0.5, 0.6) is 0 Å². The van der Waals surface area contributed by atoms with Crippen LogP contribution in [0.1, 0.15) is 26.3 Å². The second-order valence-electron chi connectivity index (χ2n) is 6.72. The molecule has 150 valence electrons. The number of nitrogens with one attached hydrogen (secondary N) is 1. The van der Waals surface area contributed by atoms with Gasteiger partial charge < -0.3 is 10.0 Å². The Morgan fingerprint density at radius 2 is 1.86 bits per heavy atom. The van der Waals surface area contributed by atoms with Crippen molar-refractivity contribution < 1.29 is 13.5 Å². The molecule has 2 N–H and O–H groups in total. The molecule has 2 aromatic rings. The van der Waals surface area contributed by atoms with Gasteiger partial charge in [0.15, 0.2) is 4.91 Å². The summed E-state index contributed by atoms with van der Waals surface area (Å²) in [5, 5.41) is 20.4. The smallest absolute Gasteiger partial charge is 0.250 e. The zero-order valence-electron chi connectivity index (χ0n) is 16.5. The van der Waals surface area contributed by atoms with Gasteiger partial charge in [0.25, 0.3) is 10.0 Å². The Hall–Kier alpha value is -2.40. The van der Waals surface area contributed by atoms with Gasteiger partial charge >= 0.3 is 0 Å². The molecular formula is C21H27N3O3S. The van der Waals surface area contributed by atoms with Gasteiger partial charge in [-0.1, -0.05) is 25.1 Å². The highest BCUT2D eigenvalue weighted by atomic mass is 32.2. The number of rotatable bonds is 9. The predicted molar refractivity (Wildman–Crippen MR) is 114 cm³/mol. The molecule has 0 saturated heterocycles. The van der Waals surface area contributed by atoms with Crippen LogP contribution in [0.3, 0.4) is 0 Å². The maximum Gasteiger partial charge on any atom is 0.250 e. The highest BCUT2D eigenvalue weighted by Gasteiger charge is 2.18. The molecule has 1 atom stereocenters. The van der Waals surface area contributed by atoms with Gasteiger partial charge in [-0.25, -0.2) is 13.1 Å². The van der Waals surface area contributed by atoms with Crippen LogP contribution in [0.25, 0.3) is 16.8 Å². The van der Waals surface area contributed by atoms with E-state index in [1.807, 2.05) is 24.3 Å². The lowest BCUT2D eigenvalue weighted by Crippen LogP contribution is -2.30. The molecule has 0 spiro atoms. The fourth-order valence-corrected chi connectivity index (χ4v) is 3.91. The van der Waals surface area contributed by atoms with Crippen LogP contribution in [-0.4, -0.2) is 39.8 Å². The number of sulfonamides is 1. The van der Waals surface area contributed by atoms with E-state index in [1.165, 1.54) is 6.08 Å². The molecule has 0 aliphatic heterocycles. The Morgan fingerprint density at radius 1 is 1.21 bits per heavy atom. The number of aliphatic hydroxyl groups is 1. The third-order valence-corrected chi connectivity index (χ3v) is 5.94. The summed E-state index contributed by atoms with van der Waals surface area (Å²) < 4.78 is 27.1. The van der Waals surface area contributed by atoms with Crippen molar-refractivity contribution >= 4 is 32.6 Å². The molecule has 0 aromatic heterocycles. The van der Waals surface area contributed by atoms with Gasteiger partial charge in [-0.3, -0.25) is 0 Å². The number of hydrogen-bond acceptors (Lipinski definition) is 5. The van der Waals surface area contributed by atoms with Crippen molar-refractivity contribution in [2.75, 3.05) is 31.1 Å². The van der Waals surface area contributed by atoms with E-state index >= 15 is 0 Å². The zero-order chi connectivity index (χ0) is 20.7. The molecule has 1 unspecified atom stereocenters. The number of nitrogens with zero attached hydrogens (tertiary/aromatic N) is 2. The predicted octanol–water partition coefficient (Wildman–Crippen LogP) is 3.10. The van der Waals surface area contributed by atoms with Crippen molar-refractivity contribution in [1.82, 2.24) is 4.72 Å². The molecule has 0 amide bonds. The van der Waals surface area contributed by atoms with E-state index < -0.39 is 10.0 Å². The van der Waals surface area contributed by atoms with Crippen molar-refractivity contribution in [3.63, 3.8) is 0 Å². The summed E-state index contributed by atoms with van der Waals surface area (Å²) in [6.45, 7) is 7.73. The standard InChI is InChI=1S/C21H27N3O3S/c1-4-24(5-2)20-9-8-18-10-17(6-7-19(18)12-20)11-21(13-22)28(26,27)23-14-16(3)15-25/h6-12,16,23,25H,4-5,14-15H2,1-3H3. The van der Waals surface area contributed by atoms with Gasteiger partial charge in [0.2, 0.25) is 0 Å². The Balaban J connectivity index is 2.33. The van der Waals surface area contributed by atoms with E-state index in [1.54, 1.807) is 19.1 Å². The second kappa shape index (κ2) is 9.69. The molecular weight excluding hydrogens is 374 g/mol. The molecule has 0 radical (unpaired) electrons. The fraction of sp³-hybridized carbons (Fsp3) is 0.381.